The predicted octanol–water partition coefficient (Wildman–Crippen LogP) is 3.39. The van der Waals surface area contributed by atoms with Crippen LogP contribution in [0.2, 0.25) is 0 Å². The summed E-state index contributed by atoms with van der Waals surface area (Å²) in [6.45, 7) is 1.99. The molecule has 1 aromatic carbocycles. The van der Waals surface area contributed by atoms with Crippen molar-refractivity contribution >= 4 is 24.0 Å². The third kappa shape index (κ3) is 3.90. The third-order valence-corrected chi connectivity index (χ3v) is 3.12. The van der Waals surface area contributed by atoms with Crippen LogP contribution in [0.5, 0.6) is 5.75 Å². The third-order valence-electron chi connectivity index (χ3n) is 1.97. The van der Waals surface area contributed by atoms with E-state index in [1.54, 1.807) is 11.8 Å². The number of aromatic nitrogens is 2. The predicted molar refractivity (Wildman–Crippen MR) is 69.5 cm³/mol. The molecular formula is C11H12N2O2S2. The van der Waals surface area contributed by atoms with Crippen LogP contribution in [-0.2, 0) is 5.75 Å². The Kier molecular flexibility index (Phi) is 4.22. The molecule has 0 amide bonds. The van der Waals surface area contributed by atoms with Crippen molar-refractivity contribution in [3.05, 3.63) is 41.1 Å². The summed E-state index contributed by atoms with van der Waals surface area (Å²) in [6, 6.07) is 9.70. The zero-order valence-corrected chi connectivity index (χ0v) is 10.9. The summed E-state index contributed by atoms with van der Waals surface area (Å²) in [5, 5.41) is 6.51. The first kappa shape index (κ1) is 12.2. The van der Waals surface area contributed by atoms with Crippen LogP contribution in [0.3, 0.4) is 0 Å². The fraction of sp³-hybridized carbons (Fsp3) is 0.273. The summed E-state index contributed by atoms with van der Waals surface area (Å²) >= 11 is 6.39. The molecule has 2 aromatic rings. The Labute approximate surface area is 108 Å². The van der Waals surface area contributed by atoms with Gasteiger partial charge in [-0.3, -0.25) is 0 Å². The lowest BCUT2D eigenvalue weighted by atomic mass is 10.3. The average molecular weight is 268 g/mol. The van der Waals surface area contributed by atoms with Gasteiger partial charge in [-0.05, 0) is 31.3 Å². The fourth-order valence-electron chi connectivity index (χ4n) is 1.24. The van der Waals surface area contributed by atoms with Crippen LogP contribution in [0.4, 0.5) is 0 Å². The Balaban J connectivity index is 1.82. The number of hydrogen-bond acceptors (Lipinski definition) is 5. The van der Waals surface area contributed by atoms with Crippen LogP contribution in [0, 0.1) is 4.84 Å². The number of ether oxygens (including phenoxy) is 1. The van der Waals surface area contributed by atoms with Gasteiger partial charge in [0.1, 0.15) is 11.2 Å². The number of benzene rings is 1. The second-order valence-electron chi connectivity index (χ2n) is 3.32. The Morgan fingerprint density at radius 3 is 2.88 bits per heavy atom. The molecule has 1 unspecified atom stereocenters. The first-order valence-electron chi connectivity index (χ1n) is 5.12. The highest BCUT2D eigenvalue weighted by atomic mass is 32.2. The Hall–Kier alpha value is -1.27. The standard InChI is InChI=1S/C11H12N2O2S2/c1-8(14-9-5-3-2-4-6-9)17-7-10-12-13-11(16)15-10/h2-6,8H,7H2,1H3,(H,13,16). The van der Waals surface area contributed by atoms with E-state index in [4.69, 9.17) is 21.4 Å². The molecule has 0 saturated heterocycles. The normalized spacial score (nSPS) is 12.3. The highest BCUT2D eigenvalue weighted by Crippen LogP contribution is 2.20. The minimum Gasteiger partial charge on any atom is -0.480 e. The van der Waals surface area contributed by atoms with E-state index in [9.17, 15) is 0 Å². The van der Waals surface area contributed by atoms with Gasteiger partial charge in [-0.2, -0.15) is 0 Å². The number of rotatable bonds is 5. The Bertz CT molecular complexity index is 509. The number of para-hydroxylation sites is 1. The summed E-state index contributed by atoms with van der Waals surface area (Å²) in [6.07, 6.45) is 0. The molecule has 0 fully saturated rings. The van der Waals surface area contributed by atoms with Crippen LogP contribution >= 0.6 is 24.0 Å². The average Bonchev–Trinajstić information content (AvgIpc) is 2.74. The van der Waals surface area contributed by atoms with E-state index in [0.717, 1.165) is 5.75 Å². The molecule has 0 radical (unpaired) electrons. The fourth-order valence-corrected chi connectivity index (χ4v) is 2.06. The van der Waals surface area contributed by atoms with Crippen LogP contribution in [-0.4, -0.2) is 15.6 Å². The van der Waals surface area contributed by atoms with Crippen molar-refractivity contribution < 1.29 is 9.15 Å². The van der Waals surface area contributed by atoms with Crippen LogP contribution in [0.1, 0.15) is 12.8 Å². The zero-order chi connectivity index (χ0) is 12.1. The second kappa shape index (κ2) is 5.88. The molecule has 0 aliphatic rings. The molecule has 1 atom stereocenters. The first-order chi connectivity index (χ1) is 8.24. The summed E-state index contributed by atoms with van der Waals surface area (Å²) in [4.78, 5) is 0.303. The van der Waals surface area contributed by atoms with Crippen molar-refractivity contribution in [3.8, 4) is 5.75 Å². The van der Waals surface area contributed by atoms with E-state index in [-0.39, 0.29) is 5.44 Å². The minimum atomic E-state index is 0.0258. The van der Waals surface area contributed by atoms with Crippen molar-refractivity contribution in [2.45, 2.75) is 18.1 Å². The van der Waals surface area contributed by atoms with E-state index < -0.39 is 0 Å². The number of aromatic amines is 1. The topological polar surface area (TPSA) is 51.0 Å². The number of thioether (sulfide) groups is 1. The van der Waals surface area contributed by atoms with Gasteiger partial charge in [-0.25, -0.2) is 5.10 Å². The SMILES string of the molecule is CC(Oc1ccccc1)SCc1n[nH]c(=S)o1. The van der Waals surface area contributed by atoms with E-state index in [1.807, 2.05) is 37.3 Å². The first-order valence-corrected chi connectivity index (χ1v) is 6.57. The molecule has 1 heterocycles. The second-order valence-corrected chi connectivity index (χ2v) is 4.97. The summed E-state index contributed by atoms with van der Waals surface area (Å²) in [7, 11) is 0. The van der Waals surface area contributed by atoms with Crippen molar-refractivity contribution in [2.24, 2.45) is 0 Å². The van der Waals surface area contributed by atoms with Crippen LogP contribution in [0.25, 0.3) is 0 Å². The van der Waals surface area contributed by atoms with E-state index in [2.05, 4.69) is 10.2 Å². The maximum atomic E-state index is 5.70. The zero-order valence-electron chi connectivity index (χ0n) is 9.25. The molecule has 0 aliphatic heterocycles. The lowest BCUT2D eigenvalue weighted by Crippen LogP contribution is -2.07. The van der Waals surface area contributed by atoms with Gasteiger partial charge in [0.15, 0.2) is 0 Å². The van der Waals surface area contributed by atoms with Gasteiger partial charge in [-0.1, -0.05) is 18.2 Å². The molecule has 4 nitrogen and oxygen atoms in total. The van der Waals surface area contributed by atoms with Crippen LogP contribution in [0.15, 0.2) is 34.7 Å². The van der Waals surface area contributed by atoms with Gasteiger partial charge in [-0.15, -0.1) is 16.9 Å². The largest absolute Gasteiger partial charge is 0.480 e. The molecule has 0 saturated carbocycles. The number of nitrogens with one attached hydrogen (secondary N) is 1. The van der Waals surface area contributed by atoms with Crippen LogP contribution < -0.4 is 4.74 Å². The monoisotopic (exact) mass is 268 g/mol. The molecule has 6 heteroatoms. The molecule has 1 N–H and O–H groups in total. The summed E-state index contributed by atoms with van der Waals surface area (Å²) in [5.74, 6) is 2.07. The van der Waals surface area contributed by atoms with Crippen molar-refractivity contribution in [1.82, 2.24) is 10.2 Å². The maximum Gasteiger partial charge on any atom is 0.284 e. The number of hydrogen-bond donors (Lipinski definition) is 1. The van der Waals surface area contributed by atoms with Gasteiger partial charge in [0.05, 0.1) is 5.75 Å². The quantitative estimate of drug-likeness (QED) is 0.665. The maximum absolute atomic E-state index is 5.70. The van der Waals surface area contributed by atoms with Crippen molar-refractivity contribution in [1.29, 1.82) is 0 Å². The molecule has 0 aliphatic carbocycles. The molecule has 1 aromatic heterocycles. The lowest BCUT2D eigenvalue weighted by Gasteiger charge is -2.12. The van der Waals surface area contributed by atoms with Gasteiger partial charge in [0.2, 0.25) is 5.89 Å². The number of nitrogens with zero attached hydrogens (tertiary/aromatic N) is 1. The van der Waals surface area contributed by atoms with Gasteiger partial charge in [0.25, 0.3) is 4.84 Å². The van der Waals surface area contributed by atoms with Gasteiger partial charge >= 0.3 is 0 Å². The van der Waals surface area contributed by atoms with Gasteiger partial charge in [0, 0.05) is 0 Å². The smallest absolute Gasteiger partial charge is 0.284 e. The number of H-pyrrole nitrogens is 1. The van der Waals surface area contributed by atoms with Crippen molar-refractivity contribution in [3.63, 3.8) is 0 Å². The van der Waals surface area contributed by atoms with E-state index in [0.29, 0.717) is 16.5 Å². The van der Waals surface area contributed by atoms with Crippen molar-refractivity contribution in [2.75, 3.05) is 0 Å². The Morgan fingerprint density at radius 1 is 1.47 bits per heavy atom. The summed E-state index contributed by atoms with van der Waals surface area (Å²) < 4.78 is 10.9. The van der Waals surface area contributed by atoms with E-state index in [1.165, 1.54) is 0 Å². The Morgan fingerprint density at radius 2 is 2.24 bits per heavy atom. The highest BCUT2D eigenvalue weighted by Gasteiger charge is 2.07. The summed E-state index contributed by atoms with van der Waals surface area (Å²) in [5.41, 5.74) is 0.0258. The molecule has 17 heavy (non-hydrogen) atoms. The molecule has 2 rings (SSSR count). The van der Waals surface area contributed by atoms with Gasteiger partial charge < -0.3 is 9.15 Å². The minimum absolute atomic E-state index is 0.0258. The molecule has 0 bridgehead atoms. The lowest BCUT2D eigenvalue weighted by molar-refractivity contribution is 0.307. The molecule has 0 spiro atoms. The highest BCUT2D eigenvalue weighted by molar-refractivity contribution is 7.98. The van der Waals surface area contributed by atoms with E-state index >= 15 is 0 Å². The molecular weight excluding hydrogens is 256 g/mol. The molecule has 90 valence electrons.